The zero-order valence-corrected chi connectivity index (χ0v) is 15.4. The van der Waals surface area contributed by atoms with Crippen LogP contribution in [0.3, 0.4) is 0 Å². The Morgan fingerprint density at radius 3 is 2.78 bits per heavy atom. The maximum absolute atomic E-state index is 11.5. The third-order valence-corrected chi connectivity index (χ3v) is 4.02. The van der Waals surface area contributed by atoms with Crippen LogP contribution in [0.1, 0.15) is 30.3 Å². The minimum atomic E-state index is -0.341. The van der Waals surface area contributed by atoms with Gasteiger partial charge in [0.1, 0.15) is 11.9 Å². The Labute approximate surface area is 157 Å². The number of nitrogens with zero attached hydrogens (tertiary/aromatic N) is 2. The molecule has 6 heteroatoms. The number of aromatic amines is 1. The Balaban J connectivity index is 1.97. The fraction of sp³-hybridized carbons (Fsp3) is 0.190. The molecule has 0 bridgehead atoms. The van der Waals surface area contributed by atoms with Crippen molar-refractivity contribution in [1.82, 2.24) is 9.97 Å². The van der Waals surface area contributed by atoms with Crippen molar-refractivity contribution in [2.75, 3.05) is 7.11 Å². The van der Waals surface area contributed by atoms with Gasteiger partial charge in [0.15, 0.2) is 11.5 Å². The van der Waals surface area contributed by atoms with Gasteiger partial charge in [-0.25, -0.2) is 4.98 Å². The monoisotopic (exact) mass is 361 g/mol. The summed E-state index contributed by atoms with van der Waals surface area (Å²) in [6.07, 6.45) is 1.98. The summed E-state index contributed by atoms with van der Waals surface area (Å²) in [7, 11) is 1.50. The van der Waals surface area contributed by atoms with Crippen molar-refractivity contribution in [2.45, 2.75) is 20.3 Å². The first-order valence-electron chi connectivity index (χ1n) is 8.51. The summed E-state index contributed by atoms with van der Waals surface area (Å²) in [6.45, 7) is 3.72. The van der Waals surface area contributed by atoms with Crippen LogP contribution < -0.4 is 9.47 Å². The highest BCUT2D eigenvalue weighted by atomic mass is 16.6. The molecule has 0 atom stereocenters. The van der Waals surface area contributed by atoms with Crippen LogP contribution in [0.15, 0.2) is 36.4 Å². The lowest BCUT2D eigenvalue weighted by atomic mass is 10.1. The molecule has 6 nitrogen and oxygen atoms in total. The highest BCUT2D eigenvalue weighted by Crippen LogP contribution is 2.30. The third kappa shape index (κ3) is 3.98. The van der Waals surface area contributed by atoms with Crippen LogP contribution in [0.2, 0.25) is 0 Å². The normalized spacial score (nSPS) is 11.3. The minimum Gasteiger partial charge on any atom is -0.493 e. The molecule has 0 aliphatic carbocycles. The number of benzene rings is 2. The van der Waals surface area contributed by atoms with E-state index in [-0.39, 0.29) is 12.4 Å². The number of rotatable bonds is 5. The summed E-state index contributed by atoms with van der Waals surface area (Å²) in [5, 5.41) is 9.57. The molecule has 0 aliphatic rings. The maximum atomic E-state index is 11.5. The van der Waals surface area contributed by atoms with Crippen molar-refractivity contribution in [3.8, 4) is 17.6 Å². The topological polar surface area (TPSA) is 88.0 Å². The molecule has 0 unspecified atom stereocenters. The van der Waals surface area contributed by atoms with Gasteiger partial charge in [0.05, 0.1) is 23.7 Å². The van der Waals surface area contributed by atoms with Crippen LogP contribution in [0.25, 0.3) is 22.7 Å². The first-order valence-corrected chi connectivity index (χ1v) is 8.51. The van der Waals surface area contributed by atoms with E-state index in [4.69, 9.17) is 9.47 Å². The predicted molar refractivity (Wildman–Crippen MR) is 103 cm³/mol. The number of aryl methyl sites for hydroxylation is 1. The smallest absolute Gasteiger partial charge is 0.311 e. The Morgan fingerprint density at radius 1 is 1.26 bits per heavy atom. The summed E-state index contributed by atoms with van der Waals surface area (Å²) in [6, 6.07) is 13.2. The summed E-state index contributed by atoms with van der Waals surface area (Å²) < 4.78 is 10.5. The fourth-order valence-corrected chi connectivity index (χ4v) is 2.62. The van der Waals surface area contributed by atoms with E-state index in [0.717, 1.165) is 22.2 Å². The number of allylic oxidation sites excluding steroid dienone is 1. The Hall–Kier alpha value is -3.59. The van der Waals surface area contributed by atoms with E-state index in [2.05, 4.69) is 16.0 Å². The van der Waals surface area contributed by atoms with Gasteiger partial charge in [0.25, 0.3) is 0 Å². The quantitative estimate of drug-likeness (QED) is 0.417. The molecule has 0 fully saturated rings. The number of hydrogen-bond donors (Lipinski definition) is 1. The van der Waals surface area contributed by atoms with Gasteiger partial charge in [-0.3, -0.25) is 4.79 Å². The number of aromatic nitrogens is 2. The summed E-state index contributed by atoms with van der Waals surface area (Å²) in [5.41, 5.74) is 3.92. The molecule has 27 heavy (non-hydrogen) atoms. The van der Waals surface area contributed by atoms with Crippen molar-refractivity contribution in [3.63, 3.8) is 0 Å². The number of nitrogens with one attached hydrogen (secondary N) is 1. The van der Waals surface area contributed by atoms with E-state index in [1.807, 2.05) is 25.1 Å². The molecule has 0 spiro atoms. The van der Waals surface area contributed by atoms with E-state index in [1.54, 1.807) is 31.2 Å². The van der Waals surface area contributed by atoms with Gasteiger partial charge in [-0.15, -0.1) is 0 Å². The van der Waals surface area contributed by atoms with Gasteiger partial charge in [-0.2, -0.15) is 5.26 Å². The van der Waals surface area contributed by atoms with Gasteiger partial charge < -0.3 is 14.5 Å². The van der Waals surface area contributed by atoms with E-state index < -0.39 is 0 Å². The lowest BCUT2D eigenvalue weighted by molar-refractivity contribution is -0.134. The molecule has 2 aromatic carbocycles. The second-order valence-corrected chi connectivity index (χ2v) is 6.01. The Bertz CT molecular complexity index is 1070. The Morgan fingerprint density at radius 2 is 2.07 bits per heavy atom. The third-order valence-electron chi connectivity index (χ3n) is 4.02. The van der Waals surface area contributed by atoms with Crippen LogP contribution in [-0.2, 0) is 4.79 Å². The second-order valence-electron chi connectivity index (χ2n) is 6.01. The Kier molecular flexibility index (Phi) is 5.23. The van der Waals surface area contributed by atoms with Gasteiger partial charge in [-0.1, -0.05) is 19.1 Å². The number of H-pyrrole nitrogens is 1. The standard InChI is InChI=1S/C21H19N3O3/c1-4-20(25)27-18-8-6-14(11-19(18)26-3)10-15(12-22)21-23-16-7-5-13(2)9-17(16)24-21/h5-11H,4H2,1-3H3,(H,23,24)/b15-10-. The molecule has 1 N–H and O–H groups in total. The fourth-order valence-electron chi connectivity index (χ4n) is 2.62. The van der Waals surface area contributed by atoms with Crippen LogP contribution in [0, 0.1) is 18.3 Å². The minimum absolute atomic E-state index is 0.273. The van der Waals surface area contributed by atoms with E-state index in [9.17, 15) is 10.1 Å². The highest BCUT2D eigenvalue weighted by Gasteiger charge is 2.11. The average molecular weight is 361 g/mol. The van der Waals surface area contributed by atoms with E-state index in [0.29, 0.717) is 22.9 Å². The first kappa shape index (κ1) is 18.2. The number of ether oxygens (including phenoxy) is 2. The number of hydrogen-bond acceptors (Lipinski definition) is 5. The molecular formula is C21H19N3O3. The molecule has 3 aromatic rings. The second kappa shape index (κ2) is 7.75. The van der Waals surface area contributed by atoms with Crippen LogP contribution >= 0.6 is 0 Å². The number of carbonyl (C=O) groups excluding carboxylic acids is 1. The van der Waals surface area contributed by atoms with Crippen molar-refractivity contribution >= 4 is 28.7 Å². The lowest BCUT2D eigenvalue weighted by Gasteiger charge is -2.09. The molecule has 0 radical (unpaired) electrons. The molecule has 1 aromatic heterocycles. The number of carbonyl (C=O) groups is 1. The van der Waals surface area contributed by atoms with Crippen molar-refractivity contribution < 1.29 is 14.3 Å². The largest absolute Gasteiger partial charge is 0.493 e. The van der Waals surface area contributed by atoms with Crippen LogP contribution in [-0.4, -0.2) is 23.0 Å². The first-order chi connectivity index (χ1) is 13.0. The molecule has 0 saturated heterocycles. The van der Waals surface area contributed by atoms with Crippen molar-refractivity contribution in [1.29, 1.82) is 5.26 Å². The SMILES string of the molecule is CCC(=O)Oc1ccc(/C=C(/C#N)c2nc3ccc(C)cc3[nH]2)cc1OC. The summed E-state index contributed by atoms with van der Waals surface area (Å²) in [4.78, 5) is 19.2. The molecule has 0 aliphatic heterocycles. The van der Waals surface area contributed by atoms with E-state index in [1.165, 1.54) is 7.11 Å². The molecule has 0 amide bonds. The molecular weight excluding hydrogens is 342 g/mol. The molecule has 1 heterocycles. The molecule has 3 rings (SSSR count). The summed E-state index contributed by atoms with van der Waals surface area (Å²) in [5.74, 6) is 0.924. The van der Waals surface area contributed by atoms with Crippen molar-refractivity contribution in [3.05, 3.63) is 53.3 Å². The number of nitriles is 1. The maximum Gasteiger partial charge on any atom is 0.311 e. The molecule has 0 saturated carbocycles. The number of esters is 1. The van der Waals surface area contributed by atoms with Gasteiger partial charge in [0.2, 0.25) is 0 Å². The highest BCUT2D eigenvalue weighted by molar-refractivity contribution is 5.90. The van der Waals surface area contributed by atoms with Crippen LogP contribution in [0.4, 0.5) is 0 Å². The van der Waals surface area contributed by atoms with E-state index >= 15 is 0 Å². The van der Waals surface area contributed by atoms with Gasteiger partial charge in [0, 0.05) is 6.42 Å². The van der Waals surface area contributed by atoms with Gasteiger partial charge in [-0.05, 0) is 48.4 Å². The zero-order valence-electron chi connectivity index (χ0n) is 15.4. The zero-order chi connectivity index (χ0) is 19.4. The van der Waals surface area contributed by atoms with Gasteiger partial charge >= 0.3 is 5.97 Å². The lowest BCUT2D eigenvalue weighted by Crippen LogP contribution is -2.06. The summed E-state index contributed by atoms with van der Waals surface area (Å²) >= 11 is 0. The number of methoxy groups -OCH3 is 1. The predicted octanol–water partition coefficient (Wildman–Crippen LogP) is 4.26. The van der Waals surface area contributed by atoms with Crippen LogP contribution in [0.5, 0.6) is 11.5 Å². The molecule has 136 valence electrons. The number of imidazole rings is 1. The number of fused-ring (bicyclic) bond motifs is 1. The van der Waals surface area contributed by atoms with Crippen molar-refractivity contribution in [2.24, 2.45) is 0 Å². The average Bonchev–Trinajstić information content (AvgIpc) is 3.09.